The maximum atomic E-state index is 13.9. The van der Waals surface area contributed by atoms with Gasteiger partial charge in [-0.15, -0.1) is 11.8 Å². The summed E-state index contributed by atoms with van der Waals surface area (Å²) in [5, 5.41) is 0. The number of hydrogen-bond acceptors (Lipinski definition) is 3. The summed E-state index contributed by atoms with van der Waals surface area (Å²) < 4.78 is 14.9. The average Bonchev–Trinajstić information content (AvgIpc) is 2.64. The maximum absolute atomic E-state index is 13.9. The highest BCUT2D eigenvalue weighted by Gasteiger charge is 2.22. The minimum atomic E-state index is -0.203. The van der Waals surface area contributed by atoms with Crippen molar-refractivity contribution in [2.75, 3.05) is 36.8 Å². The molecule has 0 spiro atoms. The third kappa shape index (κ3) is 4.76. The number of hydrogen-bond donors (Lipinski definition) is 0. The van der Waals surface area contributed by atoms with Crippen molar-refractivity contribution < 1.29 is 9.18 Å². The van der Waals surface area contributed by atoms with Crippen molar-refractivity contribution >= 4 is 39.3 Å². The molecule has 25 heavy (non-hydrogen) atoms. The Balaban J connectivity index is 1.46. The number of amides is 1. The van der Waals surface area contributed by atoms with Crippen LogP contribution >= 0.6 is 27.7 Å². The van der Waals surface area contributed by atoms with E-state index in [2.05, 4.69) is 22.0 Å². The van der Waals surface area contributed by atoms with Crippen LogP contribution in [0.2, 0.25) is 0 Å². The molecule has 1 amide bonds. The van der Waals surface area contributed by atoms with E-state index in [4.69, 9.17) is 0 Å². The molecule has 3 nitrogen and oxygen atoms in total. The molecular formula is C19H20BrFN2OS. The van der Waals surface area contributed by atoms with Crippen LogP contribution in [0.5, 0.6) is 0 Å². The molecule has 2 aromatic carbocycles. The summed E-state index contributed by atoms with van der Waals surface area (Å²) in [5.74, 6) is 1.24. The van der Waals surface area contributed by atoms with Gasteiger partial charge in [0.25, 0.3) is 0 Å². The van der Waals surface area contributed by atoms with Crippen molar-refractivity contribution in [2.24, 2.45) is 0 Å². The van der Waals surface area contributed by atoms with Gasteiger partial charge in [0.15, 0.2) is 0 Å². The Morgan fingerprint density at radius 1 is 1.04 bits per heavy atom. The minimum Gasteiger partial charge on any atom is -0.366 e. The molecule has 1 aliphatic heterocycles. The normalized spacial score (nSPS) is 14.6. The predicted molar refractivity (Wildman–Crippen MR) is 105 cm³/mol. The molecule has 6 heteroatoms. The van der Waals surface area contributed by atoms with Gasteiger partial charge in [-0.05, 0) is 23.8 Å². The summed E-state index contributed by atoms with van der Waals surface area (Å²) in [4.78, 5) is 16.3. The highest BCUT2D eigenvalue weighted by atomic mass is 79.9. The Bertz CT molecular complexity index is 735. The van der Waals surface area contributed by atoms with Crippen LogP contribution < -0.4 is 4.90 Å². The van der Waals surface area contributed by atoms with Crippen molar-refractivity contribution in [1.29, 1.82) is 0 Å². The van der Waals surface area contributed by atoms with E-state index in [1.165, 1.54) is 11.6 Å². The van der Waals surface area contributed by atoms with Gasteiger partial charge < -0.3 is 9.80 Å². The zero-order chi connectivity index (χ0) is 17.6. The number of piperazine rings is 1. The van der Waals surface area contributed by atoms with Crippen LogP contribution in [0, 0.1) is 5.82 Å². The topological polar surface area (TPSA) is 23.6 Å². The molecule has 0 aromatic heterocycles. The van der Waals surface area contributed by atoms with Crippen LogP contribution in [0.4, 0.5) is 10.1 Å². The van der Waals surface area contributed by atoms with Gasteiger partial charge in [-0.2, -0.15) is 0 Å². The monoisotopic (exact) mass is 422 g/mol. The summed E-state index contributed by atoms with van der Waals surface area (Å²) >= 11 is 5.16. The largest absolute Gasteiger partial charge is 0.366 e. The zero-order valence-corrected chi connectivity index (χ0v) is 16.2. The van der Waals surface area contributed by atoms with Gasteiger partial charge in [-0.3, -0.25) is 4.79 Å². The van der Waals surface area contributed by atoms with Gasteiger partial charge in [0.2, 0.25) is 5.91 Å². The minimum absolute atomic E-state index is 0.158. The summed E-state index contributed by atoms with van der Waals surface area (Å²) in [6, 6.07) is 14.9. The lowest BCUT2D eigenvalue weighted by Gasteiger charge is -2.36. The van der Waals surface area contributed by atoms with E-state index in [1.54, 1.807) is 23.9 Å². The highest BCUT2D eigenvalue weighted by molar-refractivity contribution is 9.10. The molecular weight excluding hydrogens is 403 g/mol. The second-order valence-corrected chi connectivity index (χ2v) is 7.74. The Hall–Kier alpha value is -1.53. The summed E-state index contributed by atoms with van der Waals surface area (Å²) in [6.07, 6.45) is 0. The molecule has 132 valence electrons. The van der Waals surface area contributed by atoms with Gasteiger partial charge >= 0.3 is 0 Å². The number of benzene rings is 2. The molecule has 1 fully saturated rings. The van der Waals surface area contributed by atoms with Crippen LogP contribution in [-0.4, -0.2) is 42.7 Å². The smallest absolute Gasteiger partial charge is 0.232 e. The van der Waals surface area contributed by atoms with Gasteiger partial charge in [0.1, 0.15) is 5.82 Å². The van der Waals surface area contributed by atoms with Crippen LogP contribution in [0.1, 0.15) is 5.56 Å². The number of rotatable bonds is 5. The van der Waals surface area contributed by atoms with E-state index in [9.17, 15) is 9.18 Å². The van der Waals surface area contributed by atoms with E-state index >= 15 is 0 Å². The van der Waals surface area contributed by atoms with E-state index in [-0.39, 0.29) is 11.7 Å². The maximum Gasteiger partial charge on any atom is 0.232 e. The standard InChI is InChI=1S/C19H20BrFN2OS/c20-16-6-2-1-5-15(16)13-25-14-19(24)23-11-9-22(10-12-23)18-8-4-3-7-17(18)21/h1-8H,9-14H2. The van der Waals surface area contributed by atoms with E-state index < -0.39 is 0 Å². The Morgan fingerprint density at radius 2 is 1.72 bits per heavy atom. The molecule has 3 rings (SSSR count). The van der Waals surface area contributed by atoms with Gasteiger partial charge in [0.05, 0.1) is 11.4 Å². The van der Waals surface area contributed by atoms with Crippen molar-refractivity contribution in [2.45, 2.75) is 5.75 Å². The lowest BCUT2D eigenvalue weighted by Crippen LogP contribution is -2.49. The number of carbonyl (C=O) groups excluding carboxylic acids is 1. The summed E-state index contributed by atoms with van der Waals surface area (Å²) in [6.45, 7) is 2.62. The Morgan fingerprint density at radius 3 is 2.44 bits per heavy atom. The van der Waals surface area contributed by atoms with Crippen LogP contribution in [0.25, 0.3) is 0 Å². The van der Waals surface area contributed by atoms with E-state index in [0.29, 0.717) is 37.6 Å². The van der Waals surface area contributed by atoms with Gasteiger partial charge in [-0.1, -0.05) is 46.3 Å². The van der Waals surface area contributed by atoms with Crippen LogP contribution in [0.3, 0.4) is 0 Å². The van der Waals surface area contributed by atoms with Crippen LogP contribution in [-0.2, 0) is 10.5 Å². The van der Waals surface area contributed by atoms with E-state index in [1.807, 2.05) is 34.1 Å². The first kappa shape index (κ1) is 18.3. The highest BCUT2D eigenvalue weighted by Crippen LogP contribution is 2.23. The van der Waals surface area contributed by atoms with Gasteiger partial charge in [-0.25, -0.2) is 4.39 Å². The Labute approximate surface area is 160 Å². The first-order chi connectivity index (χ1) is 12.1. The molecule has 0 N–H and O–H groups in total. The molecule has 1 heterocycles. The summed E-state index contributed by atoms with van der Waals surface area (Å²) in [7, 11) is 0. The lowest BCUT2D eigenvalue weighted by atomic mass is 10.2. The first-order valence-corrected chi connectivity index (χ1v) is 10.2. The Kier molecular flexibility index (Phi) is 6.37. The van der Waals surface area contributed by atoms with Crippen molar-refractivity contribution in [3.8, 4) is 0 Å². The molecule has 1 aliphatic rings. The van der Waals surface area contributed by atoms with Crippen molar-refractivity contribution in [3.05, 3.63) is 64.4 Å². The number of halogens is 2. The summed E-state index contributed by atoms with van der Waals surface area (Å²) in [5.41, 5.74) is 1.82. The fraction of sp³-hybridized carbons (Fsp3) is 0.316. The number of anilines is 1. The van der Waals surface area contributed by atoms with E-state index in [0.717, 1.165) is 10.2 Å². The quantitative estimate of drug-likeness (QED) is 0.722. The fourth-order valence-electron chi connectivity index (χ4n) is 2.86. The molecule has 0 aliphatic carbocycles. The molecule has 0 radical (unpaired) electrons. The molecule has 0 saturated carbocycles. The molecule has 2 aromatic rings. The molecule has 1 saturated heterocycles. The molecule has 0 bridgehead atoms. The predicted octanol–water partition coefficient (Wildman–Crippen LogP) is 4.17. The second-order valence-electron chi connectivity index (χ2n) is 5.90. The van der Waals surface area contributed by atoms with Gasteiger partial charge in [0, 0.05) is 36.4 Å². The fourth-order valence-corrected chi connectivity index (χ4v) is 4.40. The average molecular weight is 423 g/mol. The number of nitrogens with zero attached hydrogens (tertiary/aromatic N) is 2. The third-order valence-electron chi connectivity index (χ3n) is 4.27. The van der Waals surface area contributed by atoms with Crippen molar-refractivity contribution in [1.82, 2.24) is 4.90 Å². The number of para-hydroxylation sites is 1. The lowest BCUT2D eigenvalue weighted by molar-refractivity contribution is -0.128. The molecule has 0 atom stereocenters. The third-order valence-corrected chi connectivity index (χ3v) is 6.01. The van der Waals surface area contributed by atoms with Crippen LogP contribution in [0.15, 0.2) is 53.0 Å². The first-order valence-electron chi connectivity index (χ1n) is 8.23. The van der Waals surface area contributed by atoms with Crippen molar-refractivity contribution in [3.63, 3.8) is 0 Å². The second kappa shape index (κ2) is 8.72. The molecule has 0 unspecified atom stereocenters. The zero-order valence-electron chi connectivity index (χ0n) is 13.8. The number of carbonyl (C=O) groups is 1. The SMILES string of the molecule is O=C(CSCc1ccccc1Br)N1CCN(c2ccccc2F)CC1. The number of thioether (sulfide) groups is 1.